The van der Waals surface area contributed by atoms with Gasteiger partial charge in [-0.2, -0.15) is 0 Å². The number of carbonyl (C=O) groups is 2. The number of rotatable bonds is 7. The van der Waals surface area contributed by atoms with Crippen molar-refractivity contribution in [2.75, 3.05) is 11.9 Å². The van der Waals surface area contributed by atoms with Gasteiger partial charge < -0.3 is 10.2 Å². The maximum Gasteiger partial charge on any atom is 0.274 e. The van der Waals surface area contributed by atoms with E-state index in [9.17, 15) is 14.0 Å². The zero-order chi connectivity index (χ0) is 18.2. The molecule has 2 aromatic rings. The minimum Gasteiger partial charge on any atom is -0.334 e. The fraction of sp³-hybridized carbons (Fsp3) is 0.333. The van der Waals surface area contributed by atoms with Crippen LogP contribution in [0.4, 0.5) is 10.1 Å². The van der Waals surface area contributed by atoms with Crippen LogP contribution in [-0.4, -0.2) is 39.3 Å². The van der Waals surface area contributed by atoms with Crippen molar-refractivity contribution in [1.82, 2.24) is 14.9 Å². The molecule has 7 heteroatoms. The van der Waals surface area contributed by atoms with Crippen LogP contribution in [0.15, 0.2) is 42.9 Å². The molecule has 2 rings (SSSR count). The highest BCUT2D eigenvalue weighted by Gasteiger charge is 2.22. The summed E-state index contributed by atoms with van der Waals surface area (Å²) in [6.45, 7) is 4.08. The largest absolute Gasteiger partial charge is 0.334 e. The average Bonchev–Trinajstić information content (AvgIpc) is 2.64. The molecular weight excluding hydrogens is 323 g/mol. The Morgan fingerprint density at radius 3 is 2.68 bits per heavy atom. The first-order chi connectivity index (χ1) is 12.0. The molecule has 0 aliphatic heterocycles. The Morgan fingerprint density at radius 2 is 2.04 bits per heavy atom. The number of benzene rings is 1. The molecule has 0 aliphatic rings. The third-order valence-electron chi connectivity index (χ3n) is 3.89. The van der Waals surface area contributed by atoms with E-state index in [-0.39, 0.29) is 42.2 Å². The van der Waals surface area contributed by atoms with E-state index < -0.39 is 5.82 Å². The van der Waals surface area contributed by atoms with Gasteiger partial charge in [-0.1, -0.05) is 19.1 Å². The molecule has 132 valence electrons. The van der Waals surface area contributed by atoms with Crippen molar-refractivity contribution in [1.29, 1.82) is 0 Å². The smallest absolute Gasteiger partial charge is 0.274 e. The maximum absolute atomic E-state index is 13.6. The van der Waals surface area contributed by atoms with Crippen LogP contribution in [0.5, 0.6) is 0 Å². The lowest BCUT2D eigenvalue weighted by Gasteiger charge is -2.28. The molecule has 1 atom stereocenters. The number of amides is 2. The van der Waals surface area contributed by atoms with E-state index >= 15 is 0 Å². The van der Waals surface area contributed by atoms with Crippen LogP contribution in [0.2, 0.25) is 0 Å². The van der Waals surface area contributed by atoms with Crippen LogP contribution in [0.1, 0.15) is 37.2 Å². The zero-order valence-electron chi connectivity index (χ0n) is 14.3. The van der Waals surface area contributed by atoms with Gasteiger partial charge >= 0.3 is 0 Å². The van der Waals surface area contributed by atoms with Gasteiger partial charge in [-0.15, -0.1) is 0 Å². The first-order valence-corrected chi connectivity index (χ1v) is 8.14. The van der Waals surface area contributed by atoms with Crippen molar-refractivity contribution in [2.24, 2.45) is 0 Å². The SMILES string of the molecule is CC[C@H](C)N(CCC(=O)Nc1ccccc1F)C(=O)c1cnccn1. The molecule has 2 amide bonds. The van der Waals surface area contributed by atoms with Gasteiger partial charge in [0.25, 0.3) is 5.91 Å². The summed E-state index contributed by atoms with van der Waals surface area (Å²) in [6, 6.07) is 5.90. The molecule has 1 N–H and O–H groups in total. The fourth-order valence-electron chi connectivity index (χ4n) is 2.30. The van der Waals surface area contributed by atoms with E-state index in [0.29, 0.717) is 0 Å². The van der Waals surface area contributed by atoms with Crippen molar-refractivity contribution in [3.8, 4) is 0 Å². The summed E-state index contributed by atoms with van der Waals surface area (Å²) in [4.78, 5) is 34.2. The number of para-hydroxylation sites is 1. The highest BCUT2D eigenvalue weighted by Crippen LogP contribution is 2.14. The van der Waals surface area contributed by atoms with Gasteiger partial charge in [0.2, 0.25) is 5.91 Å². The molecule has 0 bridgehead atoms. The molecule has 0 spiro atoms. The predicted molar refractivity (Wildman–Crippen MR) is 92.5 cm³/mol. The first kappa shape index (κ1) is 18.5. The highest BCUT2D eigenvalue weighted by molar-refractivity contribution is 5.94. The number of aromatic nitrogens is 2. The second-order valence-corrected chi connectivity index (χ2v) is 5.62. The molecule has 0 fully saturated rings. The summed E-state index contributed by atoms with van der Waals surface area (Å²) in [5, 5.41) is 2.52. The van der Waals surface area contributed by atoms with E-state index in [1.54, 1.807) is 17.0 Å². The summed E-state index contributed by atoms with van der Waals surface area (Å²) in [5.41, 5.74) is 0.361. The van der Waals surface area contributed by atoms with Crippen molar-refractivity contribution < 1.29 is 14.0 Å². The molecule has 1 aromatic carbocycles. The standard InChI is InChI=1S/C18H21FN4O2/c1-3-13(2)23(18(25)16-12-20-9-10-21-16)11-8-17(24)22-15-7-5-4-6-14(15)19/h4-7,9-10,12-13H,3,8,11H2,1-2H3,(H,22,24)/t13-/m0/s1. The second-order valence-electron chi connectivity index (χ2n) is 5.62. The number of nitrogens with one attached hydrogen (secondary N) is 1. The molecule has 0 saturated heterocycles. The van der Waals surface area contributed by atoms with Crippen molar-refractivity contribution in [3.05, 3.63) is 54.4 Å². The molecule has 6 nitrogen and oxygen atoms in total. The van der Waals surface area contributed by atoms with Crippen molar-refractivity contribution in [3.63, 3.8) is 0 Å². The number of halogens is 1. The van der Waals surface area contributed by atoms with E-state index in [2.05, 4.69) is 15.3 Å². The van der Waals surface area contributed by atoms with E-state index in [4.69, 9.17) is 0 Å². The van der Waals surface area contributed by atoms with Gasteiger partial charge in [0.15, 0.2) is 0 Å². The van der Waals surface area contributed by atoms with E-state index in [1.807, 2.05) is 13.8 Å². The Morgan fingerprint density at radius 1 is 1.28 bits per heavy atom. The lowest BCUT2D eigenvalue weighted by Crippen LogP contribution is -2.40. The van der Waals surface area contributed by atoms with Gasteiger partial charge in [0, 0.05) is 31.4 Å². The number of nitrogens with zero attached hydrogens (tertiary/aromatic N) is 3. The van der Waals surface area contributed by atoms with Crippen LogP contribution < -0.4 is 5.32 Å². The van der Waals surface area contributed by atoms with Crippen LogP contribution in [0.3, 0.4) is 0 Å². The average molecular weight is 344 g/mol. The van der Waals surface area contributed by atoms with Crippen LogP contribution in [-0.2, 0) is 4.79 Å². The Bertz CT molecular complexity index is 724. The Labute approximate surface area is 146 Å². The molecular formula is C18H21FN4O2. The van der Waals surface area contributed by atoms with Crippen molar-refractivity contribution in [2.45, 2.75) is 32.7 Å². The fourth-order valence-corrected chi connectivity index (χ4v) is 2.30. The number of hydrogen-bond donors (Lipinski definition) is 1. The van der Waals surface area contributed by atoms with Gasteiger partial charge in [-0.05, 0) is 25.5 Å². The van der Waals surface area contributed by atoms with Crippen LogP contribution in [0.25, 0.3) is 0 Å². The van der Waals surface area contributed by atoms with Crippen molar-refractivity contribution >= 4 is 17.5 Å². The molecule has 0 aliphatic carbocycles. The molecule has 1 aromatic heterocycles. The lowest BCUT2D eigenvalue weighted by molar-refractivity contribution is -0.116. The summed E-state index contributed by atoms with van der Waals surface area (Å²) in [6.07, 6.45) is 5.14. The topological polar surface area (TPSA) is 75.2 Å². The highest BCUT2D eigenvalue weighted by atomic mass is 19.1. The summed E-state index contributed by atoms with van der Waals surface area (Å²) in [5.74, 6) is -1.13. The molecule has 0 unspecified atom stereocenters. The third-order valence-corrected chi connectivity index (χ3v) is 3.89. The third kappa shape index (κ3) is 5.07. The zero-order valence-corrected chi connectivity index (χ0v) is 14.3. The molecule has 1 heterocycles. The maximum atomic E-state index is 13.6. The van der Waals surface area contributed by atoms with E-state index in [1.165, 1.54) is 30.7 Å². The Kier molecular flexibility index (Phi) is 6.56. The van der Waals surface area contributed by atoms with E-state index in [0.717, 1.165) is 6.42 Å². The normalized spacial score (nSPS) is 11.6. The minimum absolute atomic E-state index is 0.0595. The second kappa shape index (κ2) is 8.86. The molecule has 0 saturated carbocycles. The van der Waals surface area contributed by atoms with Crippen LogP contribution >= 0.6 is 0 Å². The number of anilines is 1. The number of carbonyl (C=O) groups excluding carboxylic acids is 2. The summed E-state index contributed by atoms with van der Waals surface area (Å²) in [7, 11) is 0. The van der Waals surface area contributed by atoms with Crippen LogP contribution in [0, 0.1) is 5.82 Å². The Balaban J connectivity index is 2.01. The van der Waals surface area contributed by atoms with Gasteiger partial charge in [0.05, 0.1) is 11.9 Å². The molecule has 0 radical (unpaired) electrons. The number of hydrogen-bond acceptors (Lipinski definition) is 4. The van der Waals surface area contributed by atoms with Gasteiger partial charge in [-0.3, -0.25) is 14.6 Å². The van der Waals surface area contributed by atoms with Gasteiger partial charge in [0.1, 0.15) is 11.5 Å². The summed E-state index contributed by atoms with van der Waals surface area (Å²) < 4.78 is 13.6. The predicted octanol–water partition coefficient (Wildman–Crippen LogP) is 2.89. The summed E-state index contributed by atoms with van der Waals surface area (Å²) >= 11 is 0. The monoisotopic (exact) mass is 344 g/mol. The Hall–Kier alpha value is -2.83. The minimum atomic E-state index is -0.495. The lowest BCUT2D eigenvalue weighted by atomic mass is 10.2. The van der Waals surface area contributed by atoms with Gasteiger partial charge in [-0.25, -0.2) is 9.37 Å². The first-order valence-electron chi connectivity index (χ1n) is 8.14. The molecule has 25 heavy (non-hydrogen) atoms. The quantitative estimate of drug-likeness (QED) is 0.838.